The number of hydrogen-bond donors (Lipinski definition) is 2. The Balaban J connectivity index is 2.74. The normalized spacial score (nSPS) is 12.6. The van der Waals surface area contributed by atoms with Crippen molar-refractivity contribution < 1.29 is 4.79 Å². The molecule has 0 fully saturated rings. The van der Waals surface area contributed by atoms with E-state index in [2.05, 4.69) is 31.4 Å². The Morgan fingerprint density at radius 3 is 2.25 bits per heavy atom. The van der Waals surface area contributed by atoms with Crippen molar-refractivity contribution in [3.63, 3.8) is 0 Å². The molecular weight excluding hydrogens is 200 g/mol. The first-order chi connectivity index (χ1) is 7.54. The topological polar surface area (TPSA) is 55.1 Å². The third kappa shape index (κ3) is 3.35. The summed E-state index contributed by atoms with van der Waals surface area (Å²) in [5.41, 5.74) is 4.47. The molecule has 1 aromatic rings. The monoisotopic (exact) mass is 220 g/mol. The average molecular weight is 220 g/mol. The zero-order valence-electron chi connectivity index (χ0n) is 10.2. The highest BCUT2D eigenvalue weighted by Crippen LogP contribution is 2.17. The maximum Gasteiger partial charge on any atom is 0.241 e. The molecule has 3 nitrogen and oxygen atoms in total. The minimum atomic E-state index is -0.196. The Bertz CT molecular complexity index is 343. The predicted octanol–water partition coefficient (Wildman–Crippen LogP) is 1.98. The molecule has 16 heavy (non-hydrogen) atoms. The number of rotatable bonds is 4. The van der Waals surface area contributed by atoms with E-state index in [1.807, 2.05) is 19.1 Å². The van der Waals surface area contributed by atoms with Crippen LogP contribution in [0.2, 0.25) is 0 Å². The van der Waals surface area contributed by atoms with E-state index in [1.165, 1.54) is 5.56 Å². The van der Waals surface area contributed by atoms with Crippen LogP contribution >= 0.6 is 0 Å². The molecule has 1 rings (SSSR count). The molecule has 0 bridgehead atoms. The van der Waals surface area contributed by atoms with Crippen LogP contribution in [0.5, 0.6) is 0 Å². The number of nitrogens with two attached hydrogens (primary N) is 1. The van der Waals surface area contributed by atoms with Gasteiger partial charge in [-0.1, -0.05) is 38.1 Å². The Kier molecular flexibility index (Phi) is 4.50. The van der Waals surface area contributed by atoms with E-state index in [9.17, 15) is 4.79 Å². The predicted molar refractivity (Wildman–Crippen MR) is 65.7 cm³/mol. The smallest absolute Gasteiger partial charge is 0.241 e. The summed E-state index contributed by atoms with van der Waals surface area (Å²) in [5, 5.41) is 0. The molecule has 0 unspecified atom stereocenters. The molecule has 3 N–H and O–H groups in total. The van der Waals surface area contributed by atoms with Crippen LogP contribution in [0.4, 0.5) is 0 Å². The van der Waals surface area contributed by atoms with Crippen LogP contribution in [0, 0.1) is 5.92 Å². The van der Waals surface area contributed by atoms with Gasteiger partial charge in [0.2, 0.25) is 5.91 Å². The van der Waals surface area contributed by atoms with Crippen LogP contribution in [0.1, 0.15) is 37.8 Å². The highest BCUT2D eigenvalue weighted by Gasteiger charge is 2.13. The van der Waals surface area contributed by atoms with Gasteiger partial charge < -0.3 is 0 Å². The second-order valence-corrected chi connectivity index (χ2v) is 4.57. The summed E-state index contributed by atoms with van der Waals surface area (Å²) in [6, 6.07) is 8.15. The van der Waals surface area contributed by atoms with Gasteiger partial charge >= 0.3 is 0 Å². The van der Waals surface area contributed by atoms with E-state index in [0.29, 0.717) is 5.92 Å². The van der Waals surface area contributed by atoms with Crippen molar-refractivity contribution >= 4 is 5.91 Å². The van der Waals surface area contributed by atoms with E-state index in [1.54, 1.807) is 0 Å². The molecular formula is C13H20N2O. The molecule has 1 aromatic carbocycles. The highest BCUT2D eigenvalue weighted by molar-refractivity contribution is 5.82. The number of nitrogens with one attached hydrogen (secondary N) is 1. The first-order valence-corrected chi connectivity index (χ1v) is 5.64. The first kappa shape index (κ1) is 12.7. The van der Waals surface area contributed by atoms with Crippen LogP contribution in [0.3, 0.4) is 0 Å². The average Bonchev–Trinajstić information content (AvgIpc) is 2.27. The molecule has 0 spiro atoms. The zero-order valence-corrected chi connectivity index (χ0v) is 10.2. The van der Waals surface area contributed by atoms with Crippen LogP contribution in [-0.2, 0) is 11.2 Å². The zero-order chi connectivity index (χ0) is 12.1. The molecule has 0 saturated heterocycles. The Morgan fingerprint density at radius 2 is 1.81 bits per heavy atom. The molecule has 0 heterocycles. The van der Waals surface area contributed by atoms with Gasteiger partial charge in [0.25, 0.3) is 0 Å². The quantitative estimate of drug-likeness (QED) is 0.463. The largest absolute Gasteiger partial charge is 0.294 e. The number of hydrogen-bond acceptors (Lipinski definition) is 2. The van der Waals surface area contributed by atoms with Crippen molar-refractivity contribution in [2.75, 3.05) is 0 Å². The van der Waals surface area contributed by atoms with E-state index in [-0.39, 0.29) is 11.8 Å². The molecule has 0 radical (unpaired) electrons. The fourth-order valence-corrected chi connectivity index (χ4v) is 1.69. The van der Waals surface area contributed by atoms with Crippen molar-refractivity contribution in [1.29, 1.82) is 0 Å². The van der Waals surface area contributed by atoms with Crippen molar-refractivity contribution in [1.82, 2.24) is 5.43 Å². The molecule has 88 valence electrons. The van der Waals surface area contributed by atoms with Gasteiger partial charge in [-0.25, -0.2) is 5.84 Å². The second-order valence-electron chi connectivity index (χ2n) is 4.57. The van der Waals surface area contributed by atoms with E-state index in [0.717, 1.165) is 12.0 Å². The van der Waals surface area contributed by atoms with Crippen molar-refractivity contribution in [2.45, 2.75) is 33.1 Å². The van der Waals surface area contributed by atoms with Crippen LogP contribution < -0.4 is 11.3 Å². The maximum absolute atomic E-state index is 11.3. The fourth-order valence-electron chi connectivity index (χ4n) is 1.69. The molecule has 0 aromatic heterocycles. The number of carbonyl (C=O) groups excluding carboxylic acids is 1. The van der Waals surface area contributed by atoms with Crippen molar-refractivity contribution in [2.24, 2.45) is 11.8 Å². The third-order valence-corrected chi connectivity index (χ3v) is 2.66. The standard InChI is InChI=1S/C13H20N2O/c1-9(2)8-11-4-6-12(7-5-11)10(3)13(16)15-14/h4-7,9-10H,8,14H2,1-3H3,(H,15,16)/t10-/m0/s1. The second kappa shape index (κ2) is 5.66. The molecule has 3 heteroatoms. The maximum atomic E-state index is 11.3. The molecule has 0 aliphatic heterocycles. The summed E-state index contributed by atoms with van der Waals surface area (Å²) in [4.78, 5) is 11.3. The van der Waals surface area contributed by atoms with Gasteiger partial charge in [-0.05, 0) is 30.4 Å². The summed E-state index contributed by atoms with van der Waals surface area (Å²) in [5.74, 6) is 5.40. The van der Waals surface area contributed by atoms with Gasteiger partial charge in [0.1, 0.15) is 0 Å². The Labute approximate surface area is 97.0 Å². The van der Waals surface area contributed by atoms with Crippen LogP contribution in [0.15, 0.2) is 24.3 Å². The number of carbonyl (C=O) groups is 1. The van der Waals surface area contributed by atoms with Crippen molar-refractivity contribution in [3.05, 3.63) is 35.4 Å². The molecule has 0 aliphatic carbocycles. The van der Waals surface area contributed by atoms with Gasteiger partial charge in [-0.2, -0.15) is 0 Å². The summed E-state index contributed by atoms with van der Waals surface area (Å²) in [6.07, 6.45) is 1.07. The minimum Gasteiger partial charge on any atom is -0.294 e. The summed E-state index contributed by atoms with van der Waals surface area (Å²) >= 11 is 0. The lowest BCUT2D eigenvalue weighted by Crippen LogP contribution is -2.33. The van der Waals surface area contributed by atoms with Gasteiger partial charge in [-0.15, -0.1) is 0 Å². The number of amides is 1. The lowest BCUT2D eigenvalue weighted by Gasteiger charge is -2.11. The Hall–Kier alpha value is -1.35. The van der Waals surface area contributed by atoms with Crippen LogP contribution in [0.25, 0.3) is 0 Å². The van der Waals surface area contributed by atoms with Gasteiger partial charge in [0, 0.05) is 0 Å². The van der Waals surface area contributed by atoms with Gasteiger partial charge in [0.15, 0.2) is 0 Å². The van der Waals surface area contributed by atoms with Gasteiger partial charge in [0.05, 0.1) is 5.92 Å². The van der Waals surface area contributed by atoms with E-state index < -0.39 is 0 Å². The Morgan fingerprint density at radius 1 is 1.25 bits per heavy atom. The summed E-state index contributed by atoms with van der Waals surface area (Å²) < 4.78 is 0. The van der Waals surface area contributed by atoms with E-state index >= 15 is 0 Å². The molecule has 0 aliphatic rings. The molecule has 1 amide bonds. The SMILES string of the molecule is CC(C)Cc1ccc([C@H](C)C(=O)NN)cc1. The molecule has 1 atom stereocenters. The summed E-state index contributed by atoms with van der Waals surface area (Å²) in [7, 11) is 0. The number of hydrazine groups is 1. The summed E-state index contributed by atoms with van der Waals surface area (Å²) in [6.45, 7) is 6.23. The van der Waals surface area contributed by atoms with E-state index in [4.69, 9.17) is 5.84 Å². The fraction of sp³-hybridized carbons (Fsp3) is 0.462. The lowest BCUT2D eigenvalue weighted by molar-refractivity contribution is -0.122. The molecule has 0 saturated carbocycles. The number of benzene rings is 1. The highest BCUT2D eigenvalue weighted by atomic mass is 16.2. The first-order valence-electron chi connectivity index (χ1n) is 5.64. The van der Waals surface area contributed by atoms with Gasteiger partial charge in [-0.3, -0.25) is 10.2 Å². The van der Waals surface area contributed by atoms with Crippen LogP contribution in [-0.4, -0.2) is 5.91 Å². The minimum absolute atomic E-state index is 0.156. The third-order valence-electron chi connectivity index (χ3n) is 2.66. The lowest BCUT2D eigenvalue weighted by atomic mass is 9.96. The van der Waals surface area contributed by atoms with Crippen molar-refractivity contribution in [3.8, 4) is 0 Å².